The number of unbranched alkanes of at least 4 members (excludes halogenated alkanes) is 19. The summed E-state index contributed by atoms with van der Waals surface area (Å²) in [7, 11) is 1.47. The average Bonchev–Trinajstić information content (AvgIpc) is 3.07. The molecular formula is C41H79NO8P+. The number of carbonyl (C=O) groups excluding carboxylic acids is 2. The molecule has 0 aliphatic carbocycles. The normalized spacial score (nSPS) is 13.9. The molecule has 1 N–H and O–H groups in total. The van der Waals surface area contributed by atoms with Crippen LogP contribution in [0.15, 0.2) is 24.3 Å². The van der Waals surface area contributed by atoms with Crippen LogP contribution in [-0.2, 0) is 32.7 Å². The quantitative estimate of drug-likeness (QED) is 0.0220. The minimum Gasteiger partial charge on any atom is -0.462 e. The Labute approximate surface area is 313 Å². The third kappa shape index (κ3) is 38.0. The molecule has 2 atom stereocenters. The van der Waals surface area contributed by atoms with E-state index in [1.54, 1.807) is 0 Å². The molecule has 10 heteroatoms. The van der Waals surface area contributed by atoms with Crippen LogP contribution >= 0.6 is 7.82 Å². The third-order valence-corrected chi connectivity index (χ3v) is 9.72. The van der Waals surface area contributed by atoms with Gasteiger partial charge in [-0.15, -0.1) is 0 Å². The molecule has 0 spiro atoms. The summed E-state index contributed by atoms with van der Waals surface area (Å²) in [5.41, 5.74) is 0. The van der Waals surface area contributed by atoms with Crippen LogP contribution in [0.5, 0.6) is 0 Å². The zero-order valence-electron chi connectivity index (χ0n) is 33.6. The van der Waals surface area contributed by atoms with Gasteiger partial charge in [-0.3, -0.25) is 18.6 Å². The van der Waals surface area contributed by atoms with Crippen LogP contribution in [0.2, 0.25) is 0 Å². The molecule has 0 aromatic carbocycles. The van der Waals surface area contributed by atoms with Crippen LogP contribution in [0.1, 0.15) is 174 Å². The van der Waals surface area contributed by atoms with Crippen molar-refractivity contribution in [3.05, 3.63) is 24.3 Å². The van der Waals surface area contributed by atoms with E-state index in [1.807, 2.05) is 21.1 Å². The first-order chi connectivity index (χ1) is 24.5. The number of esters is 2. The van der Waals surface area contributed by atoms with E-state index in [-0.39, 0.29) is 32.0 Å². The second kappa shape index (κ2) is 34.3. The van der Waals surface area contributed by atoms with E-state index in [4.69, 9.17) is 18.5 Å². The van der Waals surface area contributed by atoms with Crippen molar-refractivity contribution in [1.29, 1.82) is 0 Å². The molecule has 0 rings (SSSR count). The summed E-state index contributed by atoms with van der Waals surface area (Å²) in [6.07, 6.45) is 35.0. The monoisotopic (exact) mass is 745 g/mol. The molecule has 0 amide bonds. The lowest BCUT2D eigenvalue weighted by Gasteiger charge is -2.24. The molecule has 300 valence electrons. The molecule has 51 heavy (non-hydrogen) atoms. The van der Waals surface area contributed by atoms with Crippen LogP contribution in [0, 0.1) is 0 Å². The summed E-state index contributed by atoms with van der Waals surface area (Å²) in [4.78, 5) is 35.2. The Morgan fingerprint density at radius 1 is 0.608 bits per heavy atom. The van der Waals surface area contributed by atoms with Crippen LogP contribution in [-0.4, -0.2) is 74.9 Å². The molecule has 0 aromatic rings. The van der Waals surface area contributed by atoms with Gasteiger partial charge in [0.25, 0.3) is 0 Å². The maximum Gasteiger partial charge on any atom is 0.472 e. The molecule has 0 saturated heterocycles. The highest BCUT2D eigenvalue weighted by Gasteiger charge is 2.27. The van der Waals surface area contributed by atoms with E-state index in [0.717, 1.165) is 51.4 Å². The summed E-state index contributed by atoms with van der Waals surface area (Å²) < 4.78 is 34.2. The van der Waals surface area contributed by atoms with Crippen molar-refractivity contribution in [3.63, 3.8) is 0 Å². The van der Waals surface area contributed by atoms with Gasteiger partial charge >= 0.3 is 19.8 Å². The molecule has 0 aromatic heterocycles. The molecule has 0 heterocycles. The van der Waals surface area contributed by atoms with Crippen LogP contribution in [0.25, 0.3) is 0 Å². The highest BCUT2D eigenvalue weighted by molar-refractivity contribution is 7.47. The molecular weight excluding hydrogens is 665 g/mol. The molecule has 0 aliphatic heterocycles. The molecule has 9 nitrogen and oxygen atoms in total. The zero-order valence-corrected chi connectivity index (χ0v) is 34.5. The van der Waals surface area contributed by atoms with E-state index in [2.05, 4.69) is 38.2 Å². The van der Waals surface area contributed by atoms with E-state index < -0.39 is 26.5 Å². The fraction of sp³-hybridized carbons (Fsp3) is 0.854. The fourth-order valence-electron chi connectivity index (χ4n) is 5.45. The minimum atomic E-state index is -4.37. The molecule has 0 saturated carbocycles. The number of rotatable bonds is 37. The van der Waals surface area contributed by atoms with Gasteiger partial charge in [0.1, 0.15) is 19.8 Å². The Bertz CT molecular complexity index is 933. The number of likely N-dealkylation sites (N-methyl/N-ethyl adjacent to an activating group) is 1. The summed E-state index contributed by atoms with van der Waals surface area (Å²) in [6, 6.07) is 0. The maximum absolute atomic E-state index is 12.6. The van der Waals surface area contributed by atoms with Gasteiger partial charge in [-0.2, -0.15) is 0 Å². The van der Waals surface area contributed by atoms with Crippen molar-refractivity contribution in [3.8, 4) is 0 Å². The molecule has 0 fully saturated rings. The van der Waals surface area contributed by atoms with Gasteiger partial charge in [0.2, 0.25) is 0 Å². The Hall–Kier alpha value is -1.51. The second-order valence-electron chi connectivity index (χ2n) is 15.0. The zero-order chi connectivity index (χ0) is 37.9. The Kier molecular flexibility index (Phi) is 33.3. The van der Waals surface area contributed by atoms with Crippen molar-refractivity contribution >= 4 is 19.8 Å². The number of hydrogen-bond donors (Lipinski definition) is 1. The van der Waals surface area contributed by atoms with Crippen LogP contribution in [0.4, 0.5) is 0 Å². The van der Waals surface area contributed by atoms with Crippen LogP contribution in [0.3, 0.4) is 0 Å². The SMILES string of the molecule is CCCCC/C=C\C/C=C\CCCCCCCCCC(=O)O[C@H](COC(=O)CCCCCCCCCCCC)COP(=O)(O)OCC[N+](C)(C)C. The van der Waals surface area contributed by atoms with E-state index in [0.29, 0.717) is 17.4 Å². The van der Waals surface area contributed by atoms with E-state index >= 15 is 0 Å². The molecule has 0 aliphatic rings. The lowest BCUT2D eigenvalue weighted by molar-refractivity contribution is -0.870. The highest BCUT2D eigenvalue weighted by atomic mass is 31.2. The van der Waals surface area contributed by atoms with Crippen molar-refractivity contribution in [2.45, 2.75) is 180 Å². The highest BCUT2D eigenvalue weighted by Crippen LogP contribution is 2.43. The number of nitrogens with zero attached hydrogens (tertiary/aromatic N) is 1. The largest absolute Gasteiger partial charge is 0.472 e. The molecule has 1 unspecified atom stereocenters. The number of quaternary nitrogens is 1. The van der Waals surface area contributed by atoms with Crippen molar-refractivity contribution in [2.24, 2.45) is 0 Å². The fourth-order valence-corrected chi connectivity index (χ4v) is 6.20. The van der Waals surface area contributed by atoms with Crippen molar-refractivity contribution in [1.82, 2.24) is 0 Å². The first-order valence-electron chi connectivity index (χ1n) is 20.6. The van der Waals surface area contributed by atoms with Gasteiger partial charge < -0.3 is 18.9 Å². The smallest absolute Gasteiger partial charge is 0.462 e. The predicted octanol–water partition coefficient (Wildman–Crippen LogP) is 11.2. The first-order valence-corrected chi connectivity index (χ1v) is 22.1. The lowest BCUT2D eigenvalue weighted by Crippen LogP contribution is -2.37. The minimum absolute atomic E-state index is 0.0315. The number of phosphoric acid groups is 1. The standard InChI is InChI=1S/C41H78NO8P/c1-6-8-10-12-14-16-18-19-20-21-22-23-24-26-28-30-32-34-41(44)50-39(38-49-51(45,46)48-36-35-42(3,4)5)37-47-40(43)33-31-29-27-25-17-15-13-11-9-7-2/h14,16,19-20,39H,6-13,15,17-18,21-38H2,1-5H3/p+1/b16-14-,20-19-/t39-/m1/s1. The summed E-state index contributed by atoms with van der Waals surface area (Å²) in [6.45, 7) is 4.37. The lowest BCUT2D eigenvalue weighted by atomic mass is 10.1. The Morgan fingerprint density at radius 2 is 1.06 bits per heavy atom. The van der Waals surface area contributed by atoms with Gasteiger partial charge in [0.05, 0.1) is 27.7 Å². The van der Waals surface area contributed by atoms with E-state index in [9.17, 15) is 19.0 Å². The number of carbonyl (C=O) groups is 2. The van der Waals surface area contributed by atoms with Gasteiger partial charge in [-0.05, 0) is 44.9 Å². The summed E-state index contributed by atoms with van der Waals surface area (Å²) in [5.74, 6) is -0.806. The van der Waals surface area contributed by atoms with Crippen LogP contribution < -0.4 is 0 Å². The van der Waals surface area contributed by atoms with Gasteiger partial charge in [0, 0.05) is 12.8 Å². The topological polar surface area (TPSA) is 108 Å². The van der Waals surface area contributed by atoms with Gasteiger partial charge in [0.15, 0.2) is 6.10 Å². The van der Waals surface area contributed by atoms with Crippen molar-refractivity contribution < 1.29 is 42.1 Å². The Balaban J connectivity index is 4.38. The molecule has 0 bridgehead atoms. The maximum atomic E-state index is 12.6. The summed E-state index contributed by atoms with van der Waals surface area (Å²) >= 11 is 0. The number of phosphoric ester groups is 1. The first kappa shape index (κ1) is 49.5. The molecule has 0 radical (unpaired) electrons. The second-order valence-corrected chi connectivity index (χ2v) is 16.5. The van der Waals surface area contributed by atoms with Gasteiger partial charge in [-0.1, -0.05) is 141 Å². The van der Waals surface area contributed by atoms with Crippen molar-refractivity contribution in [2.75, 3.05) is 47.5 Å². The number of hydrogen-bond acceptors (Lipinski definition) is 7. The van der Waals surface area contributed by atoms with E-state index in [1.165, 1.54) is 89.9 Å². The average molecular weight is 745 g/mol. The number of ether oxygens (including phenoxy) is 2. The summed E-state index contributed by atoms with van der Waals surface area (Å²) in [5, 5.41) is 0. The van der Waals surface area contributed by atoms with Gasteiger partial charge in [-0.25, -0.2) is 4.57 Å². The third-order valence-electron chi connectivity index (χ3n) is 8.73. The Morgan fingerprint density at radius 3 is 1.59 bits per heavy atom. The predicted molar refractivity (Wildman–Crippen MR) is 211 cm³/mol. The number of allylic oxidation sites excluding steroid dienone is 4.